The van der Waals surface area contributed by atoms with Gasteiger partial charge >= 0.3 is 0 Å². The summed E-state index contributed by atoms with van der Waals surface area (Å²) in [6.45, 7) is 0.214. The van der Waals surface area contributed by atoms with Gasteiger partial charge in [0.25, 0.3) is 5.91 Å². The monoisotopic (exact) mass is 322 g/mol. The first-order valence-electron chi connectivity index (χ1n) is 5.85. The van der Waals surface area contributed by atoms with Crippen LogP contribution in [0.1, 0.15) is 5.56 Å². The van der Waals surface area contributed by atoms with Crippen LogP contribution in [0.25, 0.3) is 6.08 Å². The summed E-state index contributed by atoms with van der Waals surface area (Å²) in [7, 11) is 0. The van der Waals surface area contributed by atoms with E-state index in [4.69, 9.17) is 15.2 Å². The van der Waals surface area contributed by atoms with Crippen LogP contribution in [0, 0.1) is 0 Å². The molecule has 3 rings (SSSR count). The Balaban J connectivity index is 1.79. The van der Waals surface area contributed by atoms with Crippen molar-refractivity contribution in [3.8, 4) is 11.5 Å². The van der Waals surface area contributed by atoms with Gasteiger partial charge in [-0.1, -0.05) is 6.07 Å². The number of rotatable bonds is 2. The molecule has 0 radical (unpaired) electrons. The van der Waals surface area contributed by atoms with Crippen molar-refractivity contribution in [3.63, 3.8) is 0 Å². The lowest BCUT2D eigenvalue weighted by molar-refractivity contribution is -0.115. The summed E-state index contributed by atoms with van der Waals surface area (Å²) in [5.41, 5.74) is 8.52. The van der Waals surface area contributed by atoms with Crippen molar-refractivity contribution in [1.82, 2.24) is 10.7 Å². The maximum absolute atomic E-state index is 11.8. The van der Waals surface area contributed by atoms with Crippen LogP contribution in [0.15, 0.2) is 28.2 Å². The Kier molecular flexibility index (Phi) is 3.67. The SMILES string of the molecule is NC(=S)N/N=C1\NC(=O)/C(=C\c2ccc3c(c2)OCO3)S1. The lowest BCUT2D eigenvalue weighted by atomic mass is 10.2. The van der Waals surface area contributed by atoms with Crippen molar-refractivity contribution < 1.29 is 14.3 Å². The quantitative estimate of drug-likeness (QED) is 0.419. The molecule has 2 aliphatic heterocycles. The van der Waals surface area contributed by atoms with Gasteiger partial charge in [0, 0.05) is 0 Å². The molecule has 0 saturated carbocycles. The lowest BCUT2D eigenvalue weighted by Gasteiger charge is -1.98. The van der Waals surface area contributed by atoms with Gasteiger partial charge in [-0.3, -0.25) is 15.5 Å². The molecular weight excluding hydrogens is 312 g/mol. The fraction of sp³-hybridized carbons (Fsp3) is 0.0833. The topological polar surface area (TPSA) is 98.0 Å². The molecule has 0 unspecified atom stereocenters. The standard InChI is InChI=1S/C12H10N4O3S2/c13-11(20)15-16-12-14-10(17)9(21-12)4-6-1-2-7-8(3-6)19-5-18-7/h1-4H,5H2,(H3,13,15,20)(H,14,16,17)/b9-4+. The van der Waals surface area contributed by atoms with E-state index in [0.29, 0.717) is 21.6 Å². The molecule has 21 heavy (non-hydrogen) atoms. The van der Waals surface area contributed by atoms with Crippen LogP contribution in [0.4, 0.5) is 0 Å². The highest BCUT2D eigenvalue weighted by Gasteiger charge is 2.24. The summed E-state index contributed by atoms with van der Waals surface area (Å²) < 4.78 is 10.5. The summed E-state index contributed by atoms with van der Waals surface area (Å²) in [6.07, 6.45) is 1.74. The van der Waals surface area contributed by atoms with Gasteiger partial charge in [0.15, 0.2) is 21.8 Å². The molecule has 1 fully saturated rings. The first-order valence-corrected chi connectivity index (χ1v) is 7.08. The molecule has 1 saturated heterocycles. The molecule has 0 bridgehead atoms. The predicted octanol–water partition coefficient (Wildman–Crippen LogP) is 0.723. The van der Waals surface area contributed by atoms with E-state index >= 15 is 0 Å². The van der Waals surface area contributed by atoms with Crippen LogP contribution in [0.3, 0.4) is 0 Å². The minimum atomic E-state index is -0.235. The summed E-state index contributed by atoms with van der Waals surface area (Å²) in [6, 6.07) is 5.46. The van der Waals surface area contributed by atoms with Crippen LogP contribution < -0.4 is 25.9 Å². The van der Waals surface area contributed by atoms with Gasteiger partial charge in [-0.15, -0.1) is 5.10 Å². The second-order valence-corrected chi connectivity index (χ2v) is 5.54. The van der Waals surface area contributed by atoms with Crippen molar-refractivity contribution >= 4 is 46.2 Å². The Morgan fingerprint density at radius 1 is 1.48 bits per heavy atom. The fourth-order valence-corrected chi connectivity index (χ4v) is 2.57. The number of hydrazone groups is 1. The van der Waals surface area contributed by atoms with E-state index in [-0.39, 0.29) is 17.8 Å². The number of carbonyl (C=O) groups is 1. The molecule has 1 aromatic carbocycles. The molecule has 7 nitrogen and oxygen atoms in total. The molecule has 108 valence electrons. The van der Waals surface area contributed by atoms with Crippen molar-refractivity contribution in [2.45, 2.75) is 0 Å². The van der Waals surface area contributed by atoms with Gasteiger partial charge in [-0.2, -0.15) is 0 Å². The normalized spacial score (nSPS) is 19.9. The van der Waals surface area contributed by atoms with Gasteiger partial charge in [-0.05, 0) is 47.8 Å². The Morgan fingerprint density at radius 3 is 3.10 bits per heavy atom. The minimum absolute atomic E-state index is 0.0329. The zero-order valence-electron chi connectivity index (χ0n) is 10.6. The van der Waals surface area contributed by atoms with E-state index in [0.717, 1.165) is 5.56 Å². The van der Waals surface area contributed by atoms with Gasteiger partial charge in [0.1, 0.15) is 0 Å². The second-order valence-electron chi connectivity index (χ2n) is 4.07. The summed E-state index contributed by atoms with van der Waals surface area (Å²) in [4.78, 5) is 12.4. The van der Waals surface area contributed by atoms with E-state index in [1.54, 1.807) is 12.1 Å². The molecule has 1 amide bonds. The summed E-state index contributed by atoms with van der Waals surface area (Å²) in [5, 5.41) is 6.89. The highest BCUT2D eigenvalue weighted by Crippen LogP contribution is 2.34. The molecule has 0 atom stereocenters. The van der Waals surface area contributed by atoms with Crippen molar-refractivity contribution in [3.05, 3.63) is 28.7 Å². The van der Waals surface area contributed by atoms with Crippen LogP contribution in [-0.2, 0) is 4.79 Å². The Hall–Kier alpha value is -2.26. The number of hydrogen-bond donors (Lipinski definition) is 3. The number of thiocarbonyl (C=S) groups is 1. The van der Waals surface area contributed by atoms with Crippen LogP contribution in [0.5, 0.6) is 11.5 Å². The van der Waals surface area contributed by atoms with E-state index in [2.05, 4.69) is 28.1 Å². The average Bonchev–Trinajstić information content (AvgIpc) is 3.03. The number of carbonyl (C=O) groups excluding carboxylic acids is 1. The molecule has 0 aromatic heterocycles. The van der Waals surface area contributed by atoms with E-state index < -0.39 is 0 Å². The van der Waals surface area contributed by atoms with Gasteiger partial charge < -0.3 is 15.2 Å². The summed E-state index contributed by atoms with van der Waals surface area (Å²) in [5.74, 6) is 1.13. The zero-order valence-corrected chi connectivity index (χ0v) is 12.2. The number of amides is 1. The molecule has 0 spiro atoms. The molecule has 0 aliphatic carbocycles. The highest BCUT2D eigenvalue weighted by atomic mass is 32.2. The van der Waals surface area contributed by atoms with Crippen LogP contribution in [-0.4, -0.2) is 23.0 Å². The third-order valence-electron chi connectivity index (χ3n) is 2.61. The number of thioether (sulfide) groups is 1. The van der Waals surface area contributed by atoms with Crippen LogP contribution >= 0.6 is 24.0 Å². The second kappa shape index (κ2) is 5.62. The number of benzene rings is 1. The first kappa shape index (κ1) is 13.7. The van der Waals surface area contributed by atoms with E-state index in [1.165, 1.54) is 11.8 Å². The van der Waals surface area contributed by atoms with Crippen molar-refractivity contribution in [1.29, 1.82) is 0 Å². The Labute approximate surface area is 129 Å². The average molecular weight is 322 g/mol. The number of hydrogen-bond acceptors (Lipinski definition) is 6. The molecule has 1 aromatic rings. The smallest absolute Gasteiger partial charge is 0.264 e. The molecule has 2 aliphatic rings. The lowest BCUT2D eigenvalue weighted by Crippen LogP contribution is -2.28. The Bertz CT molecular complexity index is 687. The molecule has 9 heteroatoms. The molecular formula is C12H10N4O3S2. The third kappa shape index (κ3) is 3.09. The third-order valence-corrected chi connectivity index (χ3v) is 3.61. The number of nitrogens with zero attached hydrogens (tertiary/aromatic N) is 1. The number of amidine groups is 1. The van der Waals surface area contributed by atoms with Crippen molar-refractivity contribution in [2.75, 3.05) is 6.79 Å². The van der Waals surface area contributed by atoms with Gasteiger partial charge in [0.2, 0.25) is 6.79 Å². The minimum Gasteiger partial charge on any atom is -0.454 e. The van der Waals surface area contributed by atoms with E-state index in [1.807, 2.05) is 12.1 Å². The zero-order chi connectivity index (χ0) is 14.8. The predicted molar refractivity (Wildman–Crippen MR) is 83.6 cm³/mol. The Morgan fingerprint density at radius 2 is 2.29 bits per heavy atom. The molecule has 4 N–H and O–H groups in total. The first-order chi connectivity index (χ1) is 10.1. The number of nitrogens with one attached hydrogen (secondary N) is 2. The van der Waals surface area contributed by atoms with Crippen LogP contribution in [0.2, 0.25) is 0 Å². The van der Waals surface area contributed by atoms with Gasteiger partial charge in [-0.25, -0.2) is 0 Å². The summed E-state index contributed by atoms with van der Waals surface area (Å²) >= 11 is 5.83. The van der Waals surface area contributed by atoms with Gasteiger partial charge in [0.05, 0.1) is 4.91 Å². The molecule has 2 heterocycles. The maximum Gasteiger partial charge on any atom is 0.264 e. The highest BCUT2D eigenvalue weighted by molar-refractivity contribution is 8.18. The number of fused-ring (bicyclic) bond motifs is 1. The fourth-order valence-electron chi connectivity index (χ4n) is 1.74. The van der Waals surface area contributed by atoms with Crippen molar-refractivity contribution in [2.24, 2.45) is 10.8 Å². The number of nitrogens with two attached hydrogens (primary N) is 1. The van der Waals surface area contributed by atoms with E-state index in [9.17, 15) is 4.79 Å². The largest absolute Gasteiger partial charge is 0.454 e. The number of ether oxygens (including phenoxy) is 2. The maximum atomic E-state index is 11.8.